The molecule has 0 aromatic heterocycles. The van der Waals surface area contributed by atoms with Crippen LogP contribution in [-0.2, 0) is 6.54 Å². The fourth-order valence-corrected chi connectivity index (χ4v) is 2.23. The zero-order chi connectivity index (χ0) is 20.0. The molecule has 0 aliphatic heterocycles. The largest absolute Gasteiger partial charge is 0.431 e. The van der Waals surface area contributed by atoms with Crippen molar-refractivity contribution < 1.29 is 23.1 Å². The number of rotatable bonds is 6. The van der Waals surface area contributed by atoms with Gasteiger partial charge >= 0.3 is 12.1 Å². The van der Waals surface area contributed by atoms with Gasteiger partial charge in [-0.15, -0.1) is 0 Å². The van der Waals surface area contributed by atoms with Crippen molar-refractivity contribution in [3.63, 3.8) is 0 Å². The fourth-order valence-electron chi connectivity index (χ4n) is 1.92. The summed E-state index contributed by atoms with van der Waals surface area (Å²) in [6, 6.07) is 11.0. The lowest BCUT2D eigenvalue weighted by Gasteiger charge is -2.18. The van der Waals surface area contributed by atoms with Crippen molar-refractivity contribution in [1.82, 2.24) is 10.6 Å². The molecule has 0 aliphatic carbocycles. The number of halogens is 5. The molecule has 2 N–H and O–H groups in total. The van der Waals surface area contributed by atoms with Crippen LogP contribution in [0.2, 0.25) is 5.02 Å². The quantitative estimate of drug-likeness (QED) is 0.641. The van der Waals surface area contributed by atoms with E-state index in [-0.39, 0.29) is 22.9 Å². The summed E-state index contributed by atoms with van der Waals surface area (Å²) in [5, 5.41) is 4.81. The Morgan fingerprint density at radius 3 is 2.30 bits per heavy atom. The van der Waals surface area contributed by atoms with E-state index in [2.05, 4.69) is 15.4 Å². The molecule has 27 heavy (non-hydrogen) atoms. The Bertz CT molecular complexity index is 817. The molecule has 2 rings (SSSR count). The van der Waals surface area contributed by atoms with Gasteiger partial charge in [0.1, 0.15) is 5.75 Å². The van der Waals surface area contributed by atoms with E-state index >= 15 is 0 Å². The first-order chi connectivity index (χ1) is 12.7. The molecule has 2 aromatic rings. The van der Waals surface area contributed by atoms with Crippen molar-refractivity contribution in [1.29, 1.82) is 0 Å². The molecule has 0 saturated heterocycles. The van der Waals surface area contributed by atoms with Gasteiger partial charge in [0.25, 0.3) is 5.91 Å². The number of alkyl halides is 4. The first kappa shape index (κ1) is 21.2. The summed E-state index contributed by atoms with van der Waals surface area (Å²) in [7, 11) is 0. The highest BCUT2D eigenvalue weighted by atomic mass is 35.5. The van der Waals surface area contributed by atoms with Crippen LogP contribution in [0.5, 0.6) is 5.75 Å². The molecule has 0 spiro atoms. The monoisotopic (exact) mass is 436 g/mol. The molecule has 2 aromatic carbocycles. The predicted octanol–water partition coefficient (Wildman–Crippen LogP) is 4.75. The molecular weight excluding hydrogens is 425 g/mol. The molecule has 0 heterocycles. The maximum Gasteiger partial charge on any atom is 0.428 e. The van der Waals surface area contributed by atoms with Crippen LogP contribution in [-0.4, -0.2) is 22.9 Å². The molecule has 144 valence electrons. The summed E-state index contributed by atoms with van der Waals surface area (Å²) < 4.78 is 31.0. The number of hydrogen-bond acceptors (Lipinski definition) is 3. The summed E-state index contributed by atoms with van der Waals surface area (Å²) >= 11 is 16.1. The Kier molecular flexibility index (Phi) is 7.24. The van der Waals surface area contributed by atoms with Crippen LogP contribution in [0, 0.1) is 0 Å². The smallest absolute Gasteiger partial charge is 0.428 e. The summed E-state index contributed by atoms with van der Waals surface area (Å²) in [6.45, 7) is 0.0476. The normalized spacial score (nSPS) is 11.2. The van der Waals surface area contributed by atoms with E-state index in [1.54, 1.807) is 12.1 Å². The number of hydrogen-bond donors (Lipinski definition) is 2. The zero-order valence-corrected chi connectivity index (χ0v) is 15.8. The van der Waals surface area contributed by atoms with Crippen molar-refractivity contribution in [2.45, 2.75) is 17.5 Å². The Morgan fingerprint density at radius 1 is 1.07 bits per heavy atom. The second kappa shape index (κ2) is 9.21. The van der Waals surface area contributed by atoms with Crippen molar-refractivity contribution in [2.75, 3.05) is 0 Å². The van der Waals surface area contributed by atoms with Gasteiger partial charge < -0.3 is 10.1 Å². The lowest BCUT2D eigenvalue weighted by atomic mass is 10.2. The molecular formula is C17H13Cl3F2N2O3. The zero-order valence-electron chi connectivity index (χ0n) is 13.5. The third-order valence-corrected chi connectivity index (χ3v) is 4.07. The van der Waals surface area contributed by atoms with E-state index < -0.39 is 22.9 Å². The first-order valence-electron chi connectivity index (χ1n) is 7.46. The Morgan fingerprint density at radius 2 is 1.70 bits per heavy atom. The molecule has 0 radical (unpaired) electrons. The minimum absolute atomic E-state index is 0.0476. The van der Waals surface area contributed by atoms with Crippen LogP contribution in [0.1, 0.15) is 15.9 Å². The van der Waals surface area contributed by atoms with Gasteiger partial charge in [0.2, 0.25) is 4.84 Å². The second-order valence-electron chi connectivity index (χ2n) is 5.23. The maximum absolute atomic E-state index is 13.3. The number of benzene rings is 2. The van der Waals surface area contributed by atoms with Gasteiger partial charge in [-0.25, -0.2) is 4.79 Å². The van der Waals surface area contributed by atoms with Crippen molar-refractivity contribution in [3.05, 3.63) is 64.7 Å². The Balaban J connectivity index is 1.86. The first-order valence-corrected chi connectivity index (χ1v) is 8.72. The predicted molar refractivity (Wildman–Crippen MR) is 98.7 cm³/mol. The van der Waals surface area contributed by atoms with Gasteiger partial charge in [0.05, 0.1) is 10.6 Å². The molecule has 0 aliphatic rings. The minimum atomic E-state index is -3.73. The molecule has 5 nitrogen and oxygen atoms in total. The van der Waals surface area contributed by atoms with Crippen LogP contribution >= 0.6 is 34.8 Å². The van der Waals surface area contributed by atoms with E-state index in [4.69, 9.17) is 34.8 Å². The maximum atomic E-state index is 13.3. The van der Waals surface area contributed by atoms with E-state index in [1.807, 2.05) is 0 Å². The van der Waals surface area contributed by atoms with Crippen LogP contribution in [0.15, 0.2) is 48.5 Å². The van der Waals surface area contributed by atoms with Gasteiger partial charge in [-0.05, 0) is 29.8 Å². The lowest BCUT2D eigenvalue weighted by Crippen LogP contribution is -2.39. The third kappa shape index (κ3) is 6.23. The fraction of sp³-hybridized carbons (Fsp3) is 0.176. The number of urea groups is 1. The number of ether oxygens (including phenoxy) is 1. The molecule has 0 saturated carbocycles. The molecule has 10 heteroatoms. The topological polar surface area (TPSA) is 67.4 Å². The van der Waals surface area contributed by atoms with Crippen LogP contribution in [0.4, 0.5) is 13.6 Å². The SMILES string of the molecule is O=C(NCc1ccc(OC(F)(F)C(Cl)Cl)cc1)NC(=O)c1ccccc1Cl. The van der Waals surface area contributed by atoms with Gasteiger partial charge in [-0.1, -0.05) is 59.1 Å². The Labute approximate surface area is 168 Å². The van der Waals surface area contributed by atoms with Gasteiger partial charge in [-0.3, -0.25) is 10.1 Å². The van der Waals surface area contributed by atoms with Crippen LogP contribution < -0.4 is 15.4 Å². The molecule has 0 fully saturated rings. The van der Waals surface area contributed by atoms with Crippen LogP contribution in [0.25, 0.3) is 0 Å². The second-order valence-corrected chi connectivity index (χ2v) is 6.73. The average molecular weight is 438 g/mol. The van der Waals surface area contributed by atoms with E-state index in [0.29, 0.717) is 5.56 Å². The van der Waals surface area contributed by atoms with Gasteiger partial charge in [-0.2, -0.15) is 8.78 Å². The van der Waals surface area contributed by atoms with Crippen molar-refractivity contribution >= 4 is 46.7 Å². The number of carbonyl (C=O) groups excluding carboxylic acids is 2. The number of carbonyl (C=O) groups is 2. The van der Waals surface area contributed by atoms with Gasteiger partial charge in [0.15, 0.2) is 0 Å². The van der Waals surface area contributed by atoms with E-state index in [9.17, 15) is 18.4 Å². The lowest BCUT2D eigenvalue weighted by molar-refractivity contribution is -0.163. The minimum Gasteiger partial charge on any atom is -0.431 e. The van der Waals surface area contributed by atoms with Crippen LogP contribution in [0.3, 0.4) is 0 Å². The summed E-state index contributed by atoms with van der Waals surface area (Å²) in [5.74, 6) is -0.797. The highest BCUT2D eigenvalue weighted by molar-refractivity contribution is 6.44. The van der Waals surface area contributed by atoms with Gasteiger partial charge in [0, 0.05) is 6.54 Å². The van der Waals surface area contributed by atoms with E-state index in [0.717, 1.165) is 0 Å². The summed E-state index contributed by atoms with van der Waals surface area (Å²) in [5.41, 5.74) is 0.743. The highest BCUT2D eigenvalue weighted by Gasteiger charge is 2.40. The third-order valence-electron chi connectivity index (χ3n) is 3.23. The number of nitrogens with one attached hydrogen (secondary N) is 2. The summed E-state index contributed by atoms with van der Waals surface area (Å²) in [4.78, 5) is 21.7. The number of imide groups is 1. The van der Waals surface area contributed by atoms with Crippen molar-refractivity contribution in [3.8, 4) is 5.75 Å². The Hall–Kier alpha value is -2.09. The molecule has 3 amide bonds. The molecule has 0 bridgehead atoms. The van der Waals surface area contributed by atoms with Crippen molar-refractivity contribution in [2.24, 2.45) is 0 Å². The molecule has 0 atom stereocenters. The highest BCUT2D eigenvalue weighted by Crippen LogP contribution is 2.30. The summed E-state index contributed by atoms with van der Waals surface area (Å²) in [6.07, 6.45) is -3.73. The average Bonchev–Trinajstić information content (AvgIpc) is 2.61. The standard InChI is InChI=1S/C17H13Cl3F2N2O3/c18-13-4-2-1-3-12(13)14(25)24-16(26)23-9-10-5-7-11(8-6-10)27-17(21,22)15(19)20/h1-8,15H,9H2,(H2,23,24,25,26). The number of amides is 3. The molecule has 0 unspecified atom stereocenters. The van der Waals surface area contributed by atoms with E-state index in [1.165, 1.54) is 36.4 Å².